The lowest BCUT2D eigenvalue weighted by Gasteiger charge is -2.10. The van der Waals surface area contributed by atoms with Crippen molar-refractivity contribution in [2.75, 3.05) is 14.2 Å². The third-order valence-electron chi connectivity index (χ3n) is 4.48. The number of rotatable bonds is 7. The predicted molar refractivity (Wildman–Crippen MR) is 115 cm³/mol. The fourth-order valence-electron chi connectivity index (χ4n) is 2.74. The van der Waals surface area contributed by atoms with Crippen LogP contribution in [0.5, 0.6) is 17.2 Å². The van der Waals surface area contributed by atoms with Gasteiger partial charge in [0.1, 0.15) is 5.75 Å². The van der Waals surface area contributed by atoms with Gasteiger partial charge in [-0.1, -0.05) is 42.0 Å². The van der Waals surface area contributed by atoms with Crippen LogP contribution >= 0.6 is 0 Å². The molecule has 3 aromatic rings. The summed E-state index contributed by atoms with van der Waals surface area (Å²) in [4.78, 5) is 24.7. The van der Waals surface area contributed by atoms with Gasteiger partial charge in [-0.05, 0) is 55.0 Å². The fourth-order valence-corrected chi connectivity index (χ4v) is 2.74. The highest BCUT2D eigenvalue weighted by Gasteiger charge is 2.13. The second-order valence-electron chi connectivity index (χ2n) is 6.59. The van der Waals surface area contributed by atoms with Crippen molar-refractivity contribution < 1.29 is 23.8 Å². The molecule has 3 rings (SSSR count). The average molecular weight is 402 g/mol. The van der Waals surface area contributed by atoms with Crippen molar-refractivity contribution in [3.8, 4) is 17.2 Å². The van der Waals surface area contributed by atoms with Crippen LogP contribution in [0.3, 0.4) is 0 Å². The van der Waals surface area contributed by atoms with Crippen LogP contribution in [0.15, 0.2) is 72.8 Å². The molecule has 0 aliphatic heterocycles. The summed E-state index contributed by atoms with van der Waals surface area (Å²) in [5.74, 6) is 0.736. The maximum absolute atomic E-state index is 12.4. The number of carbonyl (C=O) groups excluding carboxylic acids is 2. The Kier molecular flexibility index (Phi) is 6.65. The number of methoxy groups -OCH3 is 2. The zero-order valence-corrected chi connectivity index (χ0v) is 17.0. The lowest BCUT2D eigenvalue weighted by Crippen LogP contribution is -2.09. The Hall–Kier alpha value is -3.86. The van der Waals surface area contributed by atoms with Crippen molar-refractivity contribution in [1.82, 2.24) is 0 Å². The highest BCUT2D eigenvalue weighted by Crippen LogP contribution is 2.29. The van der Waals surface area contributed by atoms with Crippen molar-refractivity contribution in [1.29, 1.82) is 0 Å². The number of benzene rings is 3. The summed E-state index contributed by atoms with van der Waals surface area (Å²) < 4.78 is 15.9. The Balaban J connectivity index is 1.73. The zero-order valence-electron chi connectivity index (χ0n) is 17.0. The quantitative estimate of drug-likeness (QED) is 0.237. The van der Waals surface area contributed by atoms with E-state index in [1.54, 1.807) is 67.8 Å². The van der Waals surface area contributed by atoms with E-state index in [4.69, 9.17) is 14.2 Å². The molecule has 0 aliphatic rings. The fraction of sp³-hybridized carbons (Fsp3) is 0.120. The van der Waals surface area contributed by atoms with Gasteiger partial charge in [0.05, 0.1) is 19.8 Å². The average Bonchev–Trinajstić information content (AvgIpc) is 2.78. The summed E-state index contributed by atoms with van der Waals surface area (Å²) in [6.45, 7) is 1.97. The number of ether oxygens (including phenoxy) is 3. The van der Waals surface area contributed by atoms with Gasteiger partial charge >= 0.3 is 5.97 Å². The summed E-state index contributed by atoms with van der Waals surface area (Å²) >= 11 is 0. The third-order valence-corrected chi connectivity index (χ3v) is 4.48. The predicted octanol–water partition coefficient (Wildman–Crippen LogP) is 5.13. The van der Waals surface area contributed by atoms with Crippen molar-refractivity contribution in [2.24, 2.45) is 0 Å². The van der Waals surface area contributed by atoms with Gasteiger partial charge in [0.15, 0.2) is 17.3 Å². The van der Waals surface area contributed by atoms with E-state index in [0.29, 0.717) is 28.4 Å². The number of ketones is 1. The van der Waals surface area contributed by atoms with E-state index in [1.165, 1.54) is 13.2 Å². The molecule has 0 atom stereocenters. The molecule has 5 heteroatoms. The molecule has 0 saturated heterocycles. The normalized spacial score (nSPS) is 10.6. The number of aryl methyl sites for hydroxylation is 1. The molecule has 30 heavy (non-hydrogen) atoms. The number of carbonyl (C=O) groups is 2. The Morgan fingerprint density at radius 3 is 2.07 bits per heavy atom. The number of esters is 1. The van der Waals surface area contributed by atoms with Gasteiger partial charge in [0.25, 0.3) is 0 Å². The molecule has 0 spiro atoms. The second kappa shape index (κ2) is 9.56. The highest BCUT2D eigenvalue weighted by molar-refractivity contribution is 6.06. The summed E-state index contributed by atoms with van der Waals surface area (Å²) in [6, 6.07) is 19.1. The molecule has 3 aromatic carbocycles. The van der Waals surface area contributed by atoms with E-state index >= 15 is 0 Å². The molecule has 152 valence electrons. The van der Waals surface area contributed by atoms with Crippen LogP contribution < -0.4 is 14.2 Å². The van der Waals surface area contributed by atoms with E-state index in [9.17, 15) is 9.59 Å². The van der Waals surface area contributed by atoms with Crippen molar-refractivity contribution >= 4 is 17.8 Å². The molecule has 0 heterocycles. The maximum atomic E-state index is 12.4. The molecule has 0 bridgehead atoms. The Morgan fingerprint density at radius 1 is 0.767 bits per heavy atom. The molecule has 0 amide bonds. The molecular formula is C25H22O5. The Labute approximate surface area is 175 Å². The van der Waals surface area contributed by atoms with Crippen LogP contribution in [0.25, 0.3) is 6.08 Å². The van der Waals surface area contributed by atoms with Gasteiger partial charge in [-0.2, -0.15) is 0 Å². The molecule has 0 saturated carbocycles. The Bertz CT molecular complexity index is 1060. The van der Waals surface area contributed by atoms with Gasteiger partial charge in [-0.15, -0.1) is 0 Å². The topological polar surface area (TPSA) is 61.8 Å². The molecule has 0 aliphatic carbocycles. The first-order valence-electron chi connectivity index (χ1n) is 9.33. The molecule has 0 aromatic heterocycles. The van der Waals surface area contributed by atoms with E-state index < -0.39 is 5.97 Å². The lowest BCUT2D eigenvalue weighted by atomic mass is 10.1. The minimum absolute atomic E-state index is 0.0935. The summed E-state index contributed by atoms with van der Waals surface area (Å²) in [5, 5.41) is 0. The van der Waals surface area contributed by atoms with Crippen LogP contribution in [0, 0.1) is 6.92 Å². The monoisotopic (exact) mass is 402 g/mol. The number of allylic oxidation sites excluding steroid dienone is 1. The lowest BCUT2D eigenvalue weighted by molar-refractivity contribution is 0.0729. The van der Waals surface area contributed by atoms with Crippen molar-refractivity contribution in [2.45, 2.75) is 6.92 Å². The molecule has 0 N–H and O–H groups in total. The van der Waals surface area contributed by atoms with Crippen LogP contribution in [0.2, 0.25) is 0 Å². The van der Waals surface area contributed by atoms with Gasteiger partial charge in [-0.3, -0.25) is 4.79 Å². The van der Waals surface area contributed by atoms with Crippen molar-refractivity contribution in [3.63, 3.8) is 0 Å². The first-order chi connectivity index (χ1) is 14.5. The number of hydrogen-bond donors (Lipinski definition) is 0. The standard InChI is InChI=1S/C25H22O5/c1-17-4-8-19(9-5-17)22(26)14-6-18-7-15-23(24(16-18)29-3)30-25(27)20-10-12-21(28-2)13-11-20/h4-16H,1-3H3. The minimum atomic E-state index is -0.506. The second-order valence-corrected chi connectivity index (χ2v) is 6.59. The summed E-state index contributed by atoms with van der Waals surface area (Å²) in [5.41, 5.74) is 2.86. The molecule has 0 fully saturated rings. The number of hydrogen-bond acceptors (Lipinski definition) is 5. The van der Waals surface area contributed by atoms with Crippen LogP contribution in [0.1, 0.15) is 31.8 Å². The van der Waals surface area contributed by atoms with Crippen LogP contribution in [-0.4, -0.2) is 26.0 Å². The van der Waals surface area contributed by atoms with E-state index in [-0.39, 0.29) is 5.78 Å². The Morgan fingerprint density at radius 2 is 1.43 bits per heavy atom. The molecular weight excluding hydrogens is 380 g/mol. The van der Waals surface area contributed by atoms with Crippen molar-refractivity contribution in [3.05, 3.63) is 95.1 Å². The molecule has 5 nitrogen and oxygen atoms in total. The van der Waals surface area contributed by atoms with E-state index in [0.717, 1.165) is 11.1 Å². The van der Waals surface area contributed by atoms with Crippen LogP contribution in [0.4, 0.5) is 0 Å². The van der Waals surface area contributed by atoms with Gasteiger partial charge in [0, 0.05) is 5.56 Å². The summed E-state index contributed by atoms with van der Waals surface area (Å²) in [6.07, 6.45) is 3.20. The van der Waals surface area contributed by atoms with E-state index in [1.807, 2.05) is 19.1 Å². The zero-order chi connectivity index (χ0) is 21.5. The smallest absolute Gasteiger partial charge is 0.343 e. The largest absolute Gasteiger partial charge is 0.497 e. The van der Waals surface area contributed by atoms with E-state index in [2.05, 4.69) is 0 Å². The third kappa shape index (κ3) is 5.14. The minimum Gasteiger partial charge on any atom is -0.497 e. The highest BCUT2D eigenvalue weighted by atomic mass is 16.6. The van der Waals surface area contributed by atoms with Gasteiger partial charge in [0.2, 0.25) is 0 Å². The first kappa shape index (κ1) is 20.9. The van der Waals surface area contributed by atoms with Crippen LogP contribution in [-0.2, 0) is 0 Å². The SMILES string of the molecule is COc1ccc(C(=O)Oc2ccc(C=CC(=O)c3ccc(C)cc3)cc2OC)cc1. The summed E-state index contributed by atoms with van der Waals surface area (Å²) in [7, 11) is 3.05. The maximum Gasteiger partial charge on any atom is 0.343 e. The van der Waals surface area contributed by atoms with Gasteiger partial charge in [-0.25, -0.2) is 4.79 Å². The molecule has 0 unspecified atom stereocenters. The molecule has 0 radical (unpaired) electrons. The first-order valence-corrected chi connectivity index (χ1v) is 9.33. The van der Waals surface area contributed by atoms with Gasteiger partial charge < -0.3 is 14.2 Å².